The third-order valence-electron chi connectivity index (χ3n) is 8.87. The van der Waals surface area contributed by atoms with Gasteiger partial charge in [0.15, 0.2) is 6.29 Å². The maximum Gasteiger partial charge on any atom is 0.407 e. The molecule has 0 bridgehead atoms. The van der Waals surface area contributed by atoms with Crippen LogP contribution in [-0.4, -0.2) is 73.5 Å². The zero-order valence-electron chi connectivity index (χ0n) is 26.6. The van der Waals surface area contributed by atoms with E-state index in [1.54, 1.807) is 0 Å². The van der Waals surface area contributed by atoms with Crippen molar-refractivity contribution < 1.29 is 24.1 Å². The third kappa shape index (κ3) is 10.4. The number of hydrogen-bond donors (Lipinski definition) is 3. The van der Waals surface area contributed by atoms with Crippen molar-refractivity contribution in [2.24, 2.45) is 11.3 Å². The van der Waals surface area contributed by atoms with Crippen molar-refractivity contribution in [2.45, 2.75) is 70.7 Å². The fourth-order valence-corrected chi connectivity index (χ4v) is 6.17. The summed E-state index contributed by atoms with van der Waals surface area (Å²) >= 11 is 0. The monoisotopic (exact) mass is 615 g/mol. The molecule has 0 aromatic heterocycles. The lowest BCUT2D eigenvalue weighted by Crippen LogP contribution is -2.50. The first kappa shape index (κ1) is 33.1. The van der Waals surface area contributed by atoms with Gasteiger partial charge in [-0.25, -0.2) is 4.79 Å². The Labute approximate surface area is 268 Å². The van der Waals surface area contributed by atoms with E-state index >= 15 is 0 Å². The van der Waals surface area contributed by atoms with E-state index < -0.39 is 18.2 Å². The highest BCUT2D eigenvalue weighted by Gasteiger charge is 2.44. The molecule has 2 saturated heterocycles. The maximum atomic E-state index is 13.0. The second kappa shape index (κ2) is 16.3. The lowest BCUT2D eigenvalue weighted by molar-refractivity contribution is -0.0907. The average molecular weight is 616 g/mol. The normalized spacial score (nSPS) is 20.9. The van der Waals surface area contributed by atoms with Gasteiger partial charge in [-0.2, -0.15) is 0 Å². The number of alkyl carbamates (subject to hydrolysis) is 1. The van der Waals surface area contributed by atoms with Crippen molar-refractivity contribution in [3.05, 3.63) is 108 Å². The molecule has 45 heavy (non-hydrogen) atoms. The van der Waals surface area contributed by atoms with Gasteiger partial charge in [0.2, 0.25) is 0 Å². The number of ether oxygens (including phenoxy) is 3. The highest BCUT2D eigenvalue weighted by molar-refractivity contribution is 5.68. The average Bonchev–Trinajstić information content (AvgIpc) is 3.66. The zero-order chi connectivity index (χ0) is 31.5. The van der Waals surface area contributed by atoms with Crippen molar-refractivity contribution in [2.75, 3.05) is 32.8 Å². The van der Waals surface area contributed by atoms with Crippen molar-refractivity contribution >= 4 is 6.09 Å². The summed E-state index contributed by atoms with van der Waals surface area (Å²) in [6.07, 6.45) is 0.334. The predicted molar refractivity (Wildman–Crippen MR) is 175 cm³/mol. The van der Waals surface area contributed by atoms with Crippen molar-refractivity contribution in [3.8, 4) is 0 Å². The fourth-order valence-electron chi connectivity index (χ4n) is 6.17. The first-order valence-electron chi connectivity index (χ1n) is 16.3. The standard InChI is InChI=1S/C37H49N3O5/c1-37(2,19-20-40(24-29-14-8-4-9-15-29)25-30-16-10-5-11-17-30)27-38-23-33(41)32(22-28-12-6-3-7-13-28)39-36(42)45-34-26-44-35-31(34)18-21-43-35/h3-17,31-35,38,41H,18-27H2,1-2H3,(H,39,42)/t31?,32-,33?,34?,35?/m0/s1. The topological polar surface area (TPSA) is 92.3 Å². The number of carbonyl (C=O) groups excluding carboxylic acids is 1. The van der Waals surface area contributed by atoms with Crippen LogP contribution < -0.4 is 10.6 Å². The molecular formula is C37H49N3O5. The van der Waals surface area contributed by atoms with E-state index in [4.69, 9.17) is 14.2 Å². The number of amides is 1. The predicted octanol–water partition coefficient (Wildman–Crippen LogP) is 5.15. The van der Waals surface area contributed by atoms with Gasteiger partial charge >= 0.3 is 6.09 Å². The molecule has 8 nitrogen and oxygen atoms in total. The SMILES string of the molecule is CC(C)(CCN(Cc1ccccc1)Cc1ccccc1)CNCC(O)[C@H](Cc1ccccc1)NC(=O)OC1COC2OCCC12. The quantitative estimate of drug-likeness (QED) is 0.205. The lowest BCUT2D eigenvalue weighted by atomic mass is 9.88. The van der Waals surface area contributed by atoms with E-state index in [1.165, 1.54) is 11.1 Å². The summed E-state index contributed by atoms with van der Waals surface area (Å²) in [5, 5.41) is 17.7. The highest BCUT2D eigenvalue weighted by atomic mass is 16.7. The van der Waals surface area contributed by atoms with Crippen molar-refractivity contribution in [1.29, 1.82) is 0 Å². The molecule has 8 heteroatoms. The summed E-state index contributed by atoms with van der Waals surface area (Å²) in [4.78, 5) is 15.5. The van der Waals surface area contributed by atoms with E-state index in [9.17, 15) is 9.90 Å². The number of carbonyl (C=O) groups is 1. The van der Waals surface area contributed by atoms with Gasteiger partial charge in [0.25, 0.3) is 0 Å². The van der Waals surface area contributed by atoms with Crippen LogP contribution in [-0.2, 0) is 33.7 Å². The minimum atomic E-state index is -0.802. The number of fused-ring (bicyclic) bond motifs is 1. The summed E-state index contributed by atoms with van der Waals surface area (Å²) in [5.74, 6) is 0.0634. The first-order valence-corrected chi connectivity index (χ1v) is 16.3. The molecule has 5 atom stereocenters. The first-order chi connectivity index (χ1) is 21.8. The number of aliphatic hydroxyl groups excluding tert-OH is 1. The molecule has 0 saturated carbocycles. The van der Waals surface area contributed by atoms with Gasteiger partial charge in [-0.3, -0.25) is 4.90 Å². The molecule has 3 aromatic carbocycles. The molecule has 2 aliphatic heterocycles. The van der Waals surface area contributed by atoms with Gasteiger partial charge < -0.3 is 30.0 Å². The second-order valence-electron chi connectivity index (χ2n) is 13.2. The Hall–Kier alpha value is -3.27. The van der Waals surface area contributed by atoms with E-state index in [0.717, 1.165) is 44.6 Å². The van der Waals surface area contributed by atoms with Crippen LogP contribution in [0.5, 0.6) is 0 Å². The van der Waals surface area contributed by atoms with Crippen molar-refractivity contribution in [3.63, 3.8) is 0 Å². The Morgan fingerprint density at radius 2 is 1.53 bits per heavy atom. The molecule has 242 valence electrons. The Morgan fingerprint density at radius 1 is 0.933 bits per heavy atom. The molecule has 2 heterocycles. The Morgan fingerprint density at radius 3 is 2.16 bits per heavy atom. The van der Waals surface area contributed by atoms with Gasteiger partial charge in [-0.15, -0.1) is 0 Å². The minimum absolute atomic E-state index is 0.00496. The Bertz CT molecular complexity index is 1250. The van der Waals surface area contributed by atoms with Gasteiger partial charge in [0.1, 0.15) is 6.10 Å². The smallest absolute Gasteiger partial charge is 0.407 e. The fraction of sp³-hybridized carbons (Fsp3) is 0.486. The summed E-state index contributed by atoms with van der Waals surface area (Å²) in [5.41, 5.74) is 3.64. The number of aliphatic hydroxyl groups is 1. The molecule has 2 fully saturated rings. The van der Waals surface area contributed by atoms with Gasteiger partial charge in [0, 0.05) is 26.2 Å². The highest BCUT2D eigenvalue weighted by Crippen LogP contribution is 2.33. The van der Waals surface area contributed by atoms with E-state index in [2.05, 4.69) is 90.0 Å². The molecule has 0 spiro atoms. The summed E-state index contributed by atoms with van der Waals surface area (Å²) in [6, 6.07) is 30.6. The summed E-state index contributed by atoms with van der Waals surface area (Å²) in [6.45, 7) is 9.29. The number of nitrogens with zero attached hydrogens (tertiary/aromatic N) is 1. The summed E-state index contributed by atoms with van der Waals surface area (Å²) in [7, 11) is 0. The minimum Gasteiger partial charge on any atom is -0.443 e. The molecular weight excluding hydrogens is 566 g/mol. The number of nitrogens with one attached hydrogen (secondary N) is 2. The molecule has 1 amide bonds. The van der Waals surface area contributed by atoms with Crippen LogP contribution in [0.3, 0.4) is 0 Å². The van der Waals surface area contributed by atoms with E-state index in [0.29, 0.717) is 26.2 Å². The molecule has 3 N–H and O–H groups in total. The largest absolute Gasteiger partial charge is 0.443 e. The molecule has 0 aliphatic carbocycles. The van der Waals surface area contributed by atoms with E-state index in [1.807, 2.05) is 30.3 Å². The number of hydrogen-bond acceptors (Lipinski definition) is 7. The summed E-state index contributed by atoms with van der Waals surface area (Å²) < 4.78 is 16.9. The second-order valence-corrected chi connectivity index (χ2v) is 13.2. The Kier molecular flexibility index (Phi) is 12.0. The molecule has 4 unspecified atom stereocenters. The van der Waals surface area contributed by atoms with Crippen LogP contribution in [0.4, 0.5) is 4.79 Å². The van der Waals surface area contributed by atoms with Gasteiger partial charge in [-0.1, -0.05) is 105 Å². The molecule has 5 rings (SSSR count). The van der Waals surface area contributed by atoms with Crippen LogP contribution in [0.25, 0.3) is 0 Å². The molecule has 3 aromatic rings. The third-order valence-corrected chi connectivity index (χ3v) is 8.87. The van der Waals surface area contributed by atoms with E-state index in [-0.39, 0.29) is 23.7 Å². The maximum absolute atomic E-state index is 13.0. The van der Waals surface area contributed by atoms with Crippen LogP contribution >= 0.6 is 0 Å². The van der Waals surface area contributed by atoms with Gasteiger partial charge in [0.05, 0.1) is 31.3 Å². The number of rotatable bonds is 16. The van der Waals surface area contributed by atoms with Gasteiger partial charge in [-0.05, 0) is 47.9 Å². The zero-order valence-corrected chi connectivity index (χ0v) is 26.6. The molecule has 2 aliphatic rings. The number of benzene rings is 3. The van der Waals surface area contributed by atoms with Crippen LogP contribution in [0.1, 0.15) is 43.4 Å². The van der Waals surface area contributed by atoms with Crippen LogP contribution in [0.2, 0.25) is 0 Å². The Balaban J connectivity index is 1.13. The van der Waals surface area contributed by atoms with Crippen molar-refractivity contribution in [1.82, 2.24) is 15.5 Å². The molecule has 0 radical (unpaired) electrons. The lowest BCUT2D eigenvalue weighted by Gasteiger charge is -2.31. The van der Waals surface area contributed by atoms with Crippen LogP contribution in [0, 0.1) is 11.3 Å². The van der Waals surface area contributed by atoms with Crippen LogP contribution in [0.15, 0.2) is 91.0 Å².